The molecule has 1 fully saturated rings. The minimum absolute atomic E-state index is 0.258. The van der Waals surface area contributed by atoms with E-state index in [-0.39, 0.29) is 17.4 Å². The van der Waals surface area contributed by atoms with Crippen molar-refractivity contribution in [1.82, 2.24) is 14.6 Å². The Morgan fingerprint density at radius 3 is 2.61 bits per heavy atom. The number of aromatic nitrogens is 2. The largest absolute Gasteiger partial charge is 0.330 e. The van der Waals surface area contributed by atoms with E-state index < -0.39 is 0 Å². The van der Waals surface area contributed by atoms with Crippen LogP contribution in [0, 0.1) is 0 Å². The number of rotatable bonds is 4. The third-order valence-corrected chi connectivity index (χ3v) is 3.43. The van der Waals surface area contributed by atoms with E-state index in [4.69, 9.17) is 4.84 Å². The molecule has 0 amide bonds. The molecule has 0 bridgehead atoms. The SMILES string of the molecule is Cn1c(CNOC2CCCC2)cc(=O)n(C)c1=O. The molecule has 0 unspecified atom stereocenters. The average Bonchev–Trinajstić information content (AvgIpc) is 2.86. The first-order valence-corrected chi connectivity index (χ1v) is 6.24. The molecule has 0 radical (unpaired) electrons. The van der Waals surface area contributed by atoms with Gasteiger partial charge in [0.1, 0.15) is 0 Å². The lowest BCUT2D eigenvalue weighted by Crippen LogP contribution is -2.39. The lowest BCUT2D eigenvalue weighted by atomic mass is 10.3. The second kappa shape index (κ2) is 5.49. The molecule has 1 aliphatic carbocycles. The number of hydroxylamine groups is 1. The zero-order valence-electron chi connectivity index (χ0n) is 10.8. The molecule has 1 N–H and O–H groups in total. The Hall–Kier alpha value is -1.40. The van der Waals surface area contributed by atoms with Crippen molar-refractivity contribution in [3.63, 3.8) is 0 Å². The van der Waals surface area contributed by atoms with Crippen LogP contribution in [0.1, 0.15) is 31.4 Å². The van der Waals surface area contributed by atoms with Crippen LogP contribution in [0.5, 0.6) is 0 Å². The molecular formula is C12H19N3O3. The maximum atomic E-state index is 11.7. The van der Waals surface area contributed by atoms with Crippen molar-refractivity contribution in [3.05, 3.63) is 32.6 Å². The van der Waals surface area contributed by atoms with Crippen LogP contribution in [0.4, 0.5) is 0 Å². The Morgan fingerprint density at radius 2 is 1.94 bits per heavy atom. The lowest BCUT2D eigenvalue weighted by molar-refractivity contribution is -0.0253. The molecule has 0 aromatic carbocycles. The van der Waals surface area contributed by atoms with E-state index in [1.807, 2.05) is 0 Å². The summed E-state index contributed by atoms with van der Waals surface area (Å²) in [6, 6.07) is 1.45. The maximum Gasteiger partial charge on any atom is 0.330 e. The van der Waals surface area contributed by atoms with Gasteiger partial charge in [0, 0.05) is 25.9 Å². The molecule has 0 atom stereocenters. The topological polar surface area (TPSA) is 65.3 Å². The Kier molecular flexibility index (Phi) is 3.98. The number of hydrogen-bond donors (Lipinski definition) is 1. The van der Waals surface area contributed by atoms with Crippen molar-refractivity contribution < 1.29 is 4.84 Å². The Morgan fingerprint density at radius 1 is 1.28 bits per heavy atom. The molecule has 1 aromatic rings. The predicted octanol–water partition coefficient (Wildman–Crippen LogP) is 0.0478. The van der Waals surface area contributed by atoms with Gasteiger partial charge in [0.15, 0.2) is 0 Å². The van der Waals surface area contributed by atoms with Crippen molar-refractivity contribution in [3.8, 4) is 0 Å². The summed E-state index contributed by atoms with van der Waals surface area (Å²) >= 11 is 0. The number of nitrogens with one attached hydrogen (secondary N) is 1. The normalized spacial score (nSPS) is 16.3. The monoisotopic (exact) mass is 253 g/mol. The Bertz CT molecular complexity index is 526. The fraction of sp³-hybridized carbons (Fsp3) is 0.667. The molecule has 100 valence electrons. The molecule has 1 heterocycles. The fourth-order valence-corrected chi connectivity index (χ4v) is 2.19. The molecule has 6 nitrogen and oxygen atoms in total. The third kappa shape index (κ3) is 2.70. The zero-order chi connectivity index (χ0) is 13.1. The summed E-state index contributed by atoms with van der Waals surface area (Å²) in [5.41, 5.74) is 2.86. The molecule has 18 heavy (non-hydrogen) atoms. The third-order valence-electron chi connectivity index (χ3n) is 3.43. The summed E-state index contributed by atoms with van der Waals surface area (Å²) in [6.45, 7) is 0.359. The van der Waals surface area contributed by atoms with Crippen molar-refractivity contribution in [2.24, 2.45) is 14.1 Å². The molecular weight excluding hydrogens is 234 g/mol. The van der Waals surface area contributed by atoms with Gasteiger partial charge in [0.2, 0.25) is 0 Å². The fourth-order valence-electron chi connectivity index (χ4n) is 2.19. The van der Waals surface area contributed by atoms with Gasteiger partial charge in [0.25, 0.3) is 5.56 Å². The minimum Gasteiger partial charge on any atom is -0.299 e. The van der Waals surface area contributed by atoms with E-state index in [0.717, 1.165) is 17.4 Å². The summed E-state index contributed by atoms with van der Waals surface area (Å²) in [6.07, 6.45) is 4.81. The highest BCUT2D eigenvalue weighted by Crippen LogP contribution is 2.19. The lowest BCUT2D eigenvalue weighted by Gasteiger charge is -2.13. The van der Waals surface area contributed by atoms with Crippen molar-refractivity contribution in [2.75, 3.05) is 0 Å². The van der Waals surface area contributed by atoms with Gasteiger partial charge in [0.05, 0.1) is 12.6 Å². The Labute approximate surface area is 105 Å². The first-order valence-electron chi connectivity index (χ1n) is 6.24. The van der Waals surface area contributed by atoms with Crippen LogP contribution in [0.2, 0.25) is 0 Å². The first-order chi connectivity index (χ1) is 8.59. The van der Waals surface area contributed by atoms with Crippen LogP contribution in [-0.4, -0.2) is 15.2 Å². The Balaban J connectivity index is 2.01. The van der Waals surface area contributed by atoms with Crippen LogP contribution < -0.4 is 16.7 Å². The summed E-state index contributed by atoms with van der Waals surface area (Å²) in [5.74, 6) is 0. The van der Waals surface area contributed by atoms with Crippen LogP contribution in [-0.2, 0) is 25.5 Å². The van der Waals surface area contributed by atoms with Crippen LogP contribution >= 0.6 is 0 Å². The van der Waals surface area contributed by atoms with Gasteiger partial charge in [-0.05, 0) is 12.8 Å². The molecule has 0 aliphatic heterocycles. The summed E-state index contributed by atoms with van der Waals surface area (Å²) < 4.78 is 2.54. The van der Waals surface area contributed by atoms with Gasteiger partial charge in [-0.1, -0.05) is 12.8 Å². The molecule has 0 spiro atoms. The molecule has 0 saturated heterocycles. The first kappa shape index (κ1) is 13.0. The predicted molar refractivity (Wildman–Crippen MR) is 67.1 cm³/mol. The average molecular weight is 253 g/mol. The second-order valence-corrected chi connectivity index (χ2v) is 4.72. The summed E-state index contributed by atoms with van der Waals surface area (Å²) in [7, 11) is 3.12. The van der Waals surface area contributed by atoms with Gasteiger partial charge in [-0.15, -0.1) is 0 Å². The van der Waals surface area contributed by atoms with Crippen LogP contribution in [0.25, 0.3) is 0 Å². The van der Waals surface area contributed by atoms with E-state index in [9.17, 15) is 9.59 Å². The molecule has 1 aliphatic rings. The highest BCUT2D eigenvalue weighted by molar-refractivity contribution is 5.01. The van der Waals surface area contributed by atoms with E-state index in [2.05, 4.69) is 5.48 Å². The number of nitrogens with zero attached hydrogens (tertiary/aromatic N) is 2. The van der Waals surface area contributed by atoms with E-state index >= 15 is 0 Å². The van der Waals surface area contributed by atoms with Gasteiger partial charge in [-0.3, -0.25) is 18.8 Å². The van der Waals surface area contributed by atoms with E-state index in [1.54, 1.807) is 7.05 Å². The highest BCUT2D eigenvalue weighted by atomic mass is 16.7. The van der Waals surface area contributed by atoms with Crippen LogP contribution in [0.3, 0.4) is 0 Å². The van der Waals surface area contributed by atoms with Crippen molar-refractivity contribution in [2.45, 2.75) is 38.3 Å². The molecule has 6 heteroatoms. The standard InChI is InChI=1S/C12H19N3O3/c1-14-9(7-11(16)15(2)12(14)17)8-13-18-10-5-3-4-6-10/h7,10,13H,3-6,8H2,1-2H3. The second-order valence-electron chi connectivity index (χ2n) is 4.72. The quantitative estimate of drug-likeness (QED) is 0.770. The van der Waals surface area contributed by atoms with E-state index in [1.165, 1.54) is 30.5 Å². The van der Waals surface area contributed by atoms with Gasteiger partial charge in [-0.25, -0.2) is 4.79 Å². The zero-order valence-corrected chi connectivity index (χ0v) is 10.8. The summed E-state index contributed by atoms with van der Waals surface area (Å²) in [5, 5.41) is 0. The van der Waals surface area contributed by atoms with Crippen molar-refractivity contribution >= 4 is 0 Å². The smallest absolute Gasteiger partial charge is 0.299 e. The summed E-state index contributed by atoms with van der Waals surface area (Å²) in [4.78, 5) is 28.7. The molecule has 2 rings (SSSR count). The molecule has 1 aromatic heterocycles. The highest BCUT2D eigenvalue weighted by Gasteiger charge is 2.15. The van der Waals surface area contributed by atoms with E-state index in [0.29, 0.717) is 12.2 Å². The van der Waals surface area contributed by atoms with Crippen molar-refractivity contribution in [1.29, 1.82) is 0 Å². The minimum atomic E-state index is -0.319. The van der Waals surface area contributed by atoms with Gasteiger partial charge < -0.3 is 0 Å². The number of hydrogen-bond acceptors (Lipinski definition) is 4. The van der Waals surface area contributed by atoms with Gasteiger partial charge >= 0.3 is 5.69 Å². The maximum absolute atomic E-state index is 11.7. The van der Waals surface area contributed by atoms with Crippen LogP contribution in [0.15, 0.2) is 15.7 Å². The van der Waals surface area contributed by atoms with Gasteiger partial charge in [-0.2, -0.15) is 5.48 Å². The molecule has 1 saturated carbocycles.